The van der Waals surface area contributed by atoms with Gasteiger partial charge in [-0.15, -0.1) is 12.4 Å². The first-order chi connectivity index (χ1) is 20.3. The van der Waals surface area contributed by atoms with Crippen LogP contribution in [0.1, 0.15) is 73.0 Å². The smallest absolute Gasteiger partial charge is 0.219 e. The van der Waals surface area contributed by atoms with Crippen molar-refractivity contribution in [1.29, 1.82) is 0 Å². The van der Waals surface area contributed by atoms with Gasteiger partial charge in [-0.25, -0.2) is 0 Å². The van der Waals surface area contributed by atoms with E-state index in [2.05, 4.69) is 28.0 Å². The van der Waals surface area contributed by atoms with Gasteiger partial charge in [0.1, 0.15) is 0 Å². The molecule has 0 aliphatic carbocycles. The number of Topliss-reactive ketones (excluding diaryl/α,β-unsaturated/α-hetero) is 1. The minimum absolute atomic E-state index is 0. The molecular formula is C35H42Cl3N3O2. The zero-order valence-corrected chi connectivity index (χ0v) is 27.4. The number of halogens is 3. The molecule has 2 saturated heterocycles. The van der Waals surface area contributed by atoms with Crippen molar-refractivity contribution in [2.24, 2.45) is 0 Å². The molecule has 3 aromatic rings. The predicted molar refractivity (Wildman–Crippen MR) is 178 cm³/mol. The average molecular weight is 643 g/mol. The van der Waals surface area contributed by atoms with E-state index in [1.807, 2.05) is 72.6 Å². The van der Waals surface area contributed by atoms with E-state index in [-0.39, 0.29) is 41.7 Å². The highest BCUT2D eigenvalue weighted by Crippen LogP contribution is 2.42. The summed E-state index contributed by atoms with van der Waals surface area (Å²) in [6, 6.07) is 25.7. The fourth-order valence-corrected chi connectivity index (χ4v) is 7.25. The number of carbonyl (C=O) groups is 2. The number of ketones is 1. The Labute approximate surface area is 272 Å². The van der Waals surface area contributed by atoms with Gasteiger partial charge in [0.05, 0.1) is 21.6 Å². The highest BCUT2D eigenvalue weighted by molar-refractivity contribution is 6.42. The number of benzene rings is 3. The average Bonchev–Trinajstić information content (AvgIpc) is 3.04. The van der Waals surface area contributed by atoms with E-state index < -0.39 is 0 Å². The topological polar surface area (TPSA) is 43.9 Å². The maximum Gasteiger partial charge on any atom is 0.219 e. The van der Waals surface area contributed by atoms with Gasteiger partial charge in [-0.3, -0.25) is 19.4 Å². The minimum Gasteiger partial charge on any atom is -0.336 e. The van der Waals surface area contributed by atoms with Gasteiger partial charge in [-0.05, 0) is 68.5 Å². The Morgan fingerprint density at radius 1 is 0.814 bits per heavy atom. The lowest BCUT2D eigenvalue weighted by Crippen LogP contribution is -2.54. The van der Waals surface area contributed by atoms with E-state index in [0.29, 0.717) is 16.5 Å². The van der Waals surface area contributed by atoms with E-state index in [4.69, 9.17) is 23.2 Å². The van der Waals surface area contributed by atoms with Crippen molar-refractivity contribution in [2.45, 2.75) is 63.1 Å². The summed E-state index contributed by atoms with van der Waals surface area (Å²) in [5, 5.41) is 1.05. The molecule has 3 aromatic carbocycles. The number of hydrogen-bond donors (Lipinski definition) is 0. The Kier molecular flexibility index (Phi) is 11.7. The van der Waals surface area contributed by atoms with Crippen LogP contribution in [0.5, 0.6) is 0 Å². The summed E-state index contributed by atoms with van der Waals surface area (Å²) >= 11 is 12.9. The third kappa shape index (κ3) is 7.46. The van der Waals surface area contributed by atoms with Crippen LogP contribution < -0.4 is 0 Å². The third-order valence-electron chi connectivity index (χ3n) is 9.46. The molecule has 8 heteroatoms. The summed E-state index contributed by atoms with van der Waals surface area (Å²) in [6.07, 6.45) is 5.67. The van der Waals surface area contributed by atoms with Gasteiger partial charge < -0.3 is 4.90 Å². The first-order valence-electron chi connectivity index (χ1n) is 15.1. The summed E-state index contributed by atoms with van der Waals surface area (Å²) in [5.74, 6) is 0.237. The number of rotatable bonds is 9. The molecule has 5 nitrogen and oxygen atoms in total. The minimum atomic E-state index is -0.377. The van der Waals surface area contributed by atoms with Crippen LogP contribution in [0.3, 0.4) is 0 Å². The molecule has 0 bridgehead atoms. The quantitative estimate of drug-likeness (QED) is 0.222. The maximum absolute atomic E-state index is 14.1. The van der Waals surface area contributed by atoms with Crippen molar-refractivity contribution in [3.63, 3.8) is 0 Å². The van der Waals surface area contributed by atoms with E-state index in [9.17, 15) is 9.59 Å². The molecular weight excluding hydrogens is 601 g/mol. The number of piperidine rings is 2. The molecule has 1 amide bonds. The van der Waals surface area contributed by atoms with Crippen molar-refractivity contribution in [3.8, 4) is 0 Å². The molecule has 0 aromatic heterocycles. The van der Waals surface area contributed by atoms with Gasteiger partial charge in [0.2, 0.25) is 5.91 Å². The number of likely N-dealkylation sites (tertiary alicyclic amines) is 2. The lowest BCUT2D eigenvalue weighted by atomic mass is 9.78. The second-order valence-corrected chi connectivity index (χ2v) is 12.6. The fourth-order valence-electron chi connectivity index (χ4n) is 6.95. The number of nitrogens with zero attached hydrogens (tertiary/aromatic N) is 3. The Morgan fingerprint density at radius 2 is 1.42 bits per heavy atom. The Bertz CT molecular complexity index is 1360. The summed E-state index contributed by atoms with van der Waals surface area (Å²) in [4.78, 5) is 33.6. The lowest BCUT2D eigenvalue weighted by Gasteiger charge is -2.50. The largest absolute Gasteiger partial charge is 0.336 e. The number of hydrogen-bond acceptors (Lipinski definition) is 4. The first-order valence-corrected chi connectivity index (χ1v) is 15.9. The fraction of sp³-hybridized carbons (Fsp3) is 0.429. The van der Waals surface area contributed by atoms with Gasteiger partial charge in [0, 0.05) is 38.7 Å². The van der Waals surface area contributed by atoms with Crippen LogP contribution in [-0.4, -0.2) is 65.7 Å². The molecule has 2 heterocycles. The van der Waals surface area contributed by atoms with Crippen molar-refractivity contribution in [3.05, 3.63) is 106 Å². The summed E-state index contributed by atoms with van der Waals surface area (Å²) in [6.45, 7) is 5.07. The molecule has 2 aliphatic rings. The van der Waals surface area contributed by atoms with E-state index in [1.54, 1.807) is 6.92 Å². The molecule has 2 unspecified atom stereocenters. The summed E-state index contributed by atoms with van der Waals surface area (Å²) < 4.78 is 0. The van der Waals surface area contributed by atoms with E-state index in [0.717, 1.165) is 63.0 Å². The molecule has 0 radical (unpaired) electrons. The molecule has 0 spiro atoms. The van der Waals surface area contributed by atoms with Gasteiger partial charge in [0.15, 0.2) is 5.78 Å². The second kappa shape index (κ2) is 15.0. The molecule has 0 N–H and O–H groups in total. The number of amides is 1. The van der Waals surface area contributed by atoms with Crippen LogP contribution >= 0.6 is 35.6 Å². The second-order valence-electron chi connectivity index (χ2n) is 11.8. The first kappa shape index (κ1) is 33.5. The summed E-state index contributed by atoms with van der Waals surface area (Å²) in [7, 11) is 1.92. The van der Waals surface area contributed by atoms with Crippen molar-refractivity contribution < 1.29 is 9.59 Å². The SMILES string of the molecule is CC(=O)N(C)C1(c2ccccc2)CCN(C(CC(C(=O)c2ccccc2)N2CCCCC2)c2ccc(Cl)c(Cl)c2)CC1.Cl. The summed E-state index contributed by atoms with van der Waals surface area (Å²) in [5.41, 5.74) is 2.61. The molecule has 2 aliphatic heterocycles. The van der Waals surface area contributed by atoms with Crippen molar-refractivity contribution in [2.75, 3.05) is 33.2 Å². The zero-order valence-electron chi connectivity index (χ0n) is 25.1. The van der Waals surface area contributed by atoms with Crippen LogP contribution in [0.15, 0.2) is 78.9 Å². The molecule has 5 rings (SSSR count). The molecule has 43 heavy (non-hydrogen) atoms. The maximum atomic E-state index is 14.1. The Morgan fingerprint density at radius 3 is 2.00 bits per heavy atom. The zero-order chi connectivity index (χ0) is 29.7. The van der Waals surface area contributed by atoms with Gasteiger partial charge in [0.25, 0.3) is 0 Å². The van der Waals surface area contributed by atoms with E-state index in [1.165, 1.54) is 12.0 Å². The Hall–Kier alpha value is -2.41. The van der Waals surface area contributed by atoms with Crippen LogP contribution in [0.2, 0.25) is 10.0 Å². The van der Waals surface area contributed by atoms with Gasteiger partial charge in [-0.2, -0.15) is 0 Å². The lowest BCUT2D eigenvalue weighted by molar-refractivity contribution is -0.136. The van der Waals surface area contributed by atoms with Gasteiger partial charge >= 0.3 is 0 Å². The highest BCUT2D eigenvalue weighted by atomic mass is 35.5. The highest BCUT2D eigenvalue weighted by Gasteiger charge is 2.43. The molecule has 2 fully saturated rings. The van der Waals surface area contributed by atoms with E-state index >= 15 is 0 Å². The van der Waals surface area contributed by atoms with Crippen LogP contribution in [0.25, 0.3) is 0 Å². The van der Waals surface area contributed by atoms with Crippen LogP contribution in [0, 0.1) is 0 Å². The molecule has 0 saturated carbocycles. The predicted octanol–water partition coefficient (Wildman–Crippen LogP) is 8.05. The van der Waals surface area contributed by atoms with Crippen molar-refractivity contribution in [1.82, 2.24) is 14.7 Å². The number of carbonyl (C=O) groups excluding carboxylic acids is 2. The monoisotopic (exact) mass is 641 g/mol. The van der Waals surface area contributed by atoms with Crippen LogP contribution in [-0.2, 0) is 10.3 Å². The van der Waals surface area contributed by atoms with Crippen LogP contribution in [0.4, 0.5) is 0 Å². The normalized spacial score (nSPS) is 18.7. The van der Waals surface area contributed by atoms with Gasteiger partial charge in [-0.1, -0.05) is 96.4 Å². The molecule has 230 valence electrons. The Balaban J connectivity index is 0.00000423. The molecule has 2 atom stereocenters. The standard InChI is InChI=1S/C35H41Cl2N3O2.ClH/c1-26(41)38(2)35(29-14-8-4-9-15-29)18-22-40(23-19-35)32(28-16-17-30(36)31(37)24-28)25-33(39-20-10-5-11-21-39)34(42)27-12-6-3-7-13-27;/h3-4,6-9,12-17,24,32-33H,5,10-11,18-23,25H2,1-2H3;1H. The van der Waals surface area contributed by atoms with Crippen molar-refractivity contribution >= 4 is 47.3 Å². The third-order valence-corrected chi connectivity index (χ3v) is 10.2.